The van der Waals surface area contributed by atoms with Crippen LogP contribution in [-0.4, -0.2) is 29.1 Å². The van der Waals surface area contributed by atoms with E-state index in [1.165, 1.54) is 0 Å². The fourth-order valence-electron chi connectivity index (χ4n) is 2.73. The van der Waals surface area contributed by atoms with Crippen LogP contribution in [0.5, 0.6) is 5.75 Å². The third-order valence-corrected chi connectivity index (χ3v) is 4.74. The molecule has 0 unspecified atom stereocenters. The van der Waals surface area contributed by atoms with Crippen LogP contribution in [0.2, 0.25) is 0 Å². The Balaban J connectivity index is 2.09. The summed E-state index contributed by atoms with van der Waals surface area (Å²) < 4.78 is 9.33. The third kappa shape index (κ3) is 2.29. The molecule has 0 spiro atoms. The van der Waals surface area contributed by atoms with Gasteiger partial charge in [-0.3, -0.25) is 4.79 Å². The Morgan fingerprint density at radius 1 is 1.48 bits per heavy atom. The Morgan fingerprint density at radius 2 is 2.29 bits per heavy atom. The minimum atomic E-state index is -0.0415. The zero-order valence-corrected chi connectivity index (χ0v) is 13.1. The fraction of sp³-hybridized carbons (Fsp3) is 0.400. The predicted octanol–water partition coefficient (Wildman–Crippen LogP) is 3.01. The molecule has 0 saturated carbocycles. The van der Waals surface area contributed by atoms with Crippen LogP contribution in [0, 0.1) is 6.92 Å². The first-order chi connectivity index (χ1) is 10.1. The Hall–Kier alpha value is -1.95. The van der Waals surface area contributed by atoms with Gasteiger partial charge >= 0.3 is 0 Å². The summed E-state index contributed by atoms with van der Waals surface area (Å²) in [4.78, 5) is 15.2. The van der Waals surface area contributed by atoms with E-state index in [1.54, 1.807) is 12.0 Å². The molecule has 110 valence electrons. The lowest BCUT2D eigenvalue weighted by Gasteiger charge is -2.33. The molecule has 1 aromatic carbocycles. The Bertz CT molecular complexity index is 683. The van der Waals surface area contributed by atoms with Crippen LogP contribution in [0.25, 0.3) is 0 Å². The quantitative estimate of drug-likeness (QED) is 0.856. The molecule has 0 fully saturated rings. The molecule has 6 heteroatoms. The highest BCUT2D eigenvalue weighted by Crippen LogP contribution is 2.42. The van der Waals surface area contributed by atoms with Gasteiger partial charge in [0.1, 0.15) is 10.6 Å². The molecule has 3 rings (SSSR count). The maximum atomic E-state index is 12.8. The van der Waals surface area contributed by atoms with Crippen LogP contribution in [-0.2, 0) is 0 Å². The first-order valence-electron chi connectivity index (χ1n) is 6.91. The van der Waals surface area contributed by atoms with Crippen LogP contribution in [0.3, 0.4) is 0 Å². The Labute approximate surface area is 127 Å². The van der Waals surface area contributed by atoms with Gasteiger partial charge in [0.05, 0.1) is 18.5 Å². The van der Waals surface area contributed by atoms with Crippen molar-refractivity contribution in [2.45, 2.75) is 26.2 Å². The van der Waals surface area contributed by atoms with Crippen molar-refractivity contribution in [2.75, 3.05) is 18.6 Å². The number of anilines is 1. The van der Waals surface area contributed by atoms with E-state index in [1.807, 2.05) is 19.1 Å². The molecule has 0 N–H and O–H groups in total. The summed E-state index contributed by atoms with van der Waals surface area (Å²) in [5, 5.41) is 3.94. The molecule has 0 saturated heterocycles. The lowest BCUT2D eigenvalue weighted by Crippen LogP contribution is -2.36. The van der Waals surface area contributed by atoms with Crippen LogP contribution in [0.1, 0.15) is 40.2 Å². The van der Waals surface area contributed by atoms with Gasteiger partial charge in [-0.05, 0) is 42.4 Å². The van der Waals surface area contributed by atoms with Gasteiger partial charge in [-0.15, -0.1) is 5.10 Å². The van der Waals surface area contributed by atoms with Crippen molar-refractivity contribution in [1.82, 2.24) is 9.59 Å². The van der Waals surface area contributed by atoms with E-state index >= 15 is 0 Å². The highest BCUT2D eigenvalue weighted by atomic mass is 32.1. The molecule has 0 radical (unpaired) electrons. The second-order valence-electron chi connectivity index (χ2n) is 5.23. The number of benzene rings is 1. The standard InChI is InChI=1S/C15H17N3O2S/c1-9-7-8-18(15(19)14-10(2)16-17-21-14)13-11(9)5-4-6-12(13)20-3/h4-6,9H,7-8H2,1-3H3/t9-/m0/s1. The number of carbonyl (C=O) groups is 1. The zero-order valence-electron chi connectivity index (χ0n) is 12.3. The zero-order chi connectivity index (χ0) is 15.0. The summed E-state index contributed by atoms with van der Waals surface area (Å²) in [5.41, 5.74) is 2.72. The lowest BCUT2D eigenvalue weighted by molar-refractivity contribution is 0.0986. The maximum absolute atomic E-state index is 12.8. The van der Waals surface area contributed by atoms with E-state index in [0.717, 1.165) is 35.0 Å². The number of hydrogen-bond donors (Lipinski definition) is 0. The van der Waals surface area contributed by atoms with Crippen LogP contribution < -0.4 is 9.64 Å². The van der Waals surface area contributed by atoms with E-state index in [4.69, 9.17) is 4.74 Å². The average molecular weight is 303 g/mol. The van der Waals surface area contributed by atoms with Gasteiger partial charge in [0.25, 0.3) is 5.91 Å². The Kier molecular flexibility index (Phi) is 3.63. The number of methoxy groups -OCH3 is 1. The molecule has 1 aliphatic heterocycles. The van der Waals surface area contributed by atoms with Crippen molar-refractivity contribution in [3.05, 3.63) is 34.3 Å². The van der Waals surface area contributed by atoms with Crippen LogP contribution in [0.4, 0.5) is 5.69 Å². The molecule has 0 aliphatic carbocycles. The van der Waals surface area contributed by atoms with Crippen LogP contribution in [0.15, 0.2) is 18.2 Å². The first-order valence-corrected chi connectivity index (χ1v) is 7.68. The van der Waals surface area contributed by atoms with E-state index in [9.17, 15) is 4.79 Å². The van der Waals surface area contributed by atoms with Crippen LogP contribution >= 0.6 is 11.5 Å². The van der Waals surface area contributed by atoms with Gasteiger partial charge in [-0.25, -0.2) is 0 Å². The lowest BCUT2D eigenvalue weighted by atomic mass is 9.91. The summed E-state index contributed by atoms with van der Waals surface area (Å²) in [5.74, 6) is 1.11. The van der Waals surface area contributed by atoms with E-state index < -0.39 is 0 Å². The van der Waals surface area contributed by atoms with Gasteiger partial charge in [-0.2, -0.15) is 0 Å². The normalized spacial score (nSPS) is 17.5. The van der Waals surface area contributed by atoms with Gasteiger partial charge < -0.3 is 9.64 Å². The molecule has 1 atom stereocenters. The van der Waals surface area contributed by atoms with Crippen molar-refractivity contribution in [2.24, 2.45) is 0 Å². The number of para-hydroxylation sites is 1. The van der Waals surface area contributed by atoms with Gasteiger partial charge in [0, 0.05) is 6.54 Å². The summed E-state index contributed by atoms with van der Waals surface area (Å²) in [6, 6.07) is 5.94. The SMILES string of the molecule is COc1cccc2c1N(C(=O)c1snnc1C)CC[C@@H]2C. The number of nitrogens with zero attached hydrogens (tertiary/aromatic N) is 3. The van der Waals surface area contributed by atoms with E-state index in [2.05, 4.69) is 22.6 Å². The van der Waals surface area contributed by atoms with Gasteiger partial charge in [-0.1, -0.05) is 23.5 Å². The molecule has 2 aromatic rings. The molecule has 5 nitrogen and oxygen atoms in total. The molecular formula is C15H17N3O2S. The van der Waals surface area contributed by atoms with Crippen molar-refractivity contribution in [1.29, 1.82) is 0 Å². The van der Waals surface area contributed by atoms with Gasteiger partial charge in [0.2, 0.25) is 0 Å². The Morgan fingerprint density at radius 3 is 2.95 bits per heavy atom. The second-order valence-corrected chi connectivity index (χ2v) is 5.99. The number of carbonyl (C=O) groups excluding carboxylic acids is 1. The number of ether oxygens (including phenoxy) is 1. The van der Waals surface area contributed by atoms with Crippen molar-refractivity contribution < 1.29 is 9.53 Å². The molecule has 21 heavy (non-hydrogen) atoms. The molecular weight excluding hydrogens is 286 g/mol. The molecule has 0 bridgehead atoms. The molecule has 1 aromatic heterocycles. The van der Waals surface area contributed by atoms with Crippen molar-refractivity contribution in [3.63, 3.8) is 0 Å². The largest absolute Gasteiger partial charge is 0.495 e. The third-order valence-electron chi connectivity index (χ3n) is 3.93. The number of rotatable bonds is 2. The first kappa shape index (κ1) is 14.0. The number of hydrogen-bond acceptors (Lipinski definition) is 5. The summed E-state index contributed by atoms with van der Waals surface area (Å²) in [7, 11) is 1.64. The number of fused-ring (bicyclic) bond motifs is 1. The molecule has 2 heterocycles. The van der Waals surface area contributed by atoms with Gasteiger partial charge in [0.15, 0.2) is 0 Å². The number of aryl methyl sites for hydroxylation is 1. The topological polar surface area (TPSA) is 55.3 Å². The summed E-state index contributed by atoms with van der Waals surface area (Å²) >= 11 is 1.15. The highest BCUT2D eigenvalue weighted by Gasteiger charge is 2.31. The number of aromatic nitrogens is 2. The minimum Gasteiger partial charge on any atom is -0.495 e. The van der Waals surface area contributed by atoms with Crippen molar-refractivity contribution in [3.8, 4) is 5.75 Å². The molecule has 1 aliphatic rings. The minimum absolute atomic E-state index is 0.0415. The monoisotopic (exact) mass is 303 g/mol. The van der Waals surface area contributed by atoms with Crippen molar-refractivity contribution >= 4 is 23.1 Å². The summed E-state index contributed by atoms with van der Waals surface area (Å²) in [6.07, 6.45) is 0.942. The van der Waals surface area contributed by atoms with E-state index in [0.29, 0.717) is 23.0 Å². The number of amides is 1. The van der Waals surface area contributed by atoms with E-state index in [-0.39, 0.29) is 5.91 Å². The molecule has 1 amide bonds. The fourth-order valence-corrected chi connectivity index (χ4v) is 3.34. The predicted molar refractivity (Wildman–Crippen MR) is 82.3 cm³/mol. The highest BCUT2D eigenvalue weighted by molar-refractivity contribution is 7.08. The summed E-state index contributed by atoms with van der Waals surface area (Å²) in [6.45, 7) is 4.68. The average Bonchev–Trinajstić information content (AvgIpc) is 2.93. The smallest absolute Gasteiger partial charge is 0.272 e. The second kappa shape index (κ2) is 5.44. The maximum Gasteiger partial charge on any atom is 0.272 e.